The minimum atomic E-state index is -0.496. The van der Waals surface area contributed by atoms with Crippen LogP contribution >= 0.6 is 15.9 Å². The van der Waals surface area contributed by atoms with Crippen molar-refractivity contribution in [2.75, 3.05) is 0 Å². The molecule has 0 unspecified atom stereocenters. The number of hydrogen-bond donors (Lipinski definition) is 1. The van der Waals surface area contributed by atoms with Crippen molar-refractivity contribution >= 4 is 22.0 Å². The van der Waals surface area contributed by atoms with Crippen LogP contribution in [0, 0.1) is 0 Å². The summed E-state index contributed by atoms with van der Waals surface area (Å²) >= 11 is 3.18. The highest BCUT2D eigenvalue weighted by Gasteiger charge is 2.14. The Morgan fingerprint density at radius 3 is 2.84 bits per heavy atom. The van der Waals surface area contributed by atoms with Gasteiger partial charge in [0.1, 0.15) is 11.2 Å². The van der Waals surface area contributed by atoms with E-state index in [0.717, 1.165) is 5.56 Å². The predicted octanol–water partition coefficient (Wildman–Crippen LogP) is 3.42. The van der Waals surface area contributed by atoms with Gasteiger partial charge in [-0.1, -0.05) is 35.5 Å². The van der Waals surface area contributed by atoms with E-state index in [-0.39, 0.29) is 12.6 Å². The molecule has 0 spiro atoms. The number of hydrogen-bond acceptors (Lipinski definition) is 4. The van der Waals surface area contributed by atoms with E-state index < -0.39 is 6.09 Å². The first-order valence-corrected chi connectivity index (χ1v) is 6.54. The van der Waals surface area contributed by atoms with Crippen LogP contribution in [0.25, 0.3) is 0 Å². The monoisotopic (exact) mass is 324 g/mol. The fourth-order valence-electron chi connectivity index (χ4n) is 1.48. The first-order chi connectivity index (χ1) is 9.15. The first-order valence-electron chi connectivity index (χ1n) is 5.74. The normalized spacial score (nSPS) is 11.9. The third-order valence-electron chi connectivity index (χ3n) is 2.47. The molecule has 1 heterocycles. The topological polar surface area (TPSA) is 64.4 Å². The molecular weight excluding hydrogens is 312 g/mol. The van der Waals surface area contributed by atoms with Crippen molar-refractivity contribution < 1.29 is 14.1 Å². The second-order valence-electron chi connectivity index (χ2n) is 3.98. The van der Waals surface area contributed by atoms with Crippen LogP contribution in [0.3, 0.4) is 0 Å². The highest BCUT2D eigenvalue weighted by Crippen LogP contribution is 2.17. The molecule has 1 N–H and O–H groups in total. The van der Waals surface area contributed by atoms with Gasteiger partial charge in [0.2, 0.25) is 0 Å². The lowest BCUT2D eigenvalue weighted by atomic mass is 10.2. The molecule has 5 nitrogen and oxygen atoms in total. The van der Waals surface area contributed by atoms with Gasteiger partial charge in [0.15, 0.2) is 5.76 Å². The number of nitrogens with zero attached hydrogens (tertiary/aromatic N) is 1. The Morgan fingerprint density at radius 1 is 1.47 bits per heavy atom. The Labute approximate surface area is 119 Å². The van der Waals surface area contributed by atoms with E-state index in [4.69, 9.17) is 9.26 Å². The highest BCUT2D eigenvalue weighted by molar-refractivity contribution is 9.10. The molecule has 0 radical (unpaired) electrons. The largest absolute Gasteiger partial charge is 0.445 e. The van der Waals surface area contributed by atoms with Crippen molar-refractivity contribution in [2.45, 2.75) is 19.6 Å². The van der Waals surface area contributed by atoms with Gasteiger partial charge < -0.3 is 14.6 Å². The summed E-state index contributed by atoms with van der Waals surface area (Å²) in [6, 6.07) is 10.9. The number of aromatic nitrogens is 1. The fourth-order valence-corrected chi connectivity index (χ4v) is 1.78. The van der Waals surface area contributed by atoms with E-state index >= 15 is 0 Å². The predicted molar refractivity (Wildman–Crippen MR) is 72.4 cm³/mol. The van der Waals surface area contributed by atoms with Crippen LogP contribution < -0.4 is 5.32 Å². The lowest BCUT2D eigenvalue weighted by Crippen LogP contribution is -2.27. The molecule has 6 heteroatoms. The minimum Gasteiger partial charge on any atom is -0.445 e. The van der Waals surface area contributed by atoms with Gasteiger partial charge in [-0.2, -0.15) is 0 Å². The van der Waals surface area contributed by atoms with E-state index in [1.54, 1.807) is 13.0 Å². The zero-order valence-electron chi connectivity index (χ0n) is 10.3. The van der Waals surface area contributed by atoms with Gasteiger partial charge in [0, 0.05) is 6.07 Å². The van der Waals surface area contributed by atoms with Crippen LogP contribution in [-0.4, -0.2) is 11.2 Å². The average Bonchev–Trinajstić information content (AvgIpc) is 2.84. The zero-order chi connectivity index (χ0) is 13.7. The SMILES string of the molecule is C[C@H](NC(=O)OCc1ccccc1)c1cc(Br)no1. The fraction of sp³-hybridized carbons (Fsp3) is 0.231. The van der Waals surface area contributed by atoms with Crippen LogP contribution in [0.2, 0.25) is 0 Å². The maximum absolute atomic E-state index is 11.6. The molecule has 0 bridgehead atoms. The number of halogens is 1. The number of carbonyl (C=O) groups is 1. The van der Waals surface area contributed by atoms with E-state index in [1.165, 1.54) is 0 Å². The molecule has 0 fully saturated rings. The molecule has 0 aliphatic carbocycles. The standard InChI is InChI=1S/C13H13BrN2O3/c1-9(11-7-12(14)16-19-11)15-13(17)18-8-10-5-3-2-4-6-10/h2-7,9H,8H2,1H3,(H,15,17)/t9-/m0/s1. The molecule has 0 saturated carbocycles. The van der Waals surface area contributed by atoms with Crippen molar-refractivity contribution in [2.24, 2.45) is 0 Å². The number of benzene rings is 1. The summed E-state index contributed by atoms with van der Waals surface area (Å²) < 4.78 is 10.7. The molecular formula is C13H13BrN2O3. The summed E-state index contributed by atoms with van der Waals surface area (Å²) in [5.74, 6) is 0.559. The number of carbonyl (C=O) groups excluding carboxylic acids is 1. The van der Waals surface area contributed by atoms with Gasteiger partial charge in [-0.15, -0.1) is 0 Å². The van der Waals surface area contributed by atoms with Crippen molar-refractivity contribution in [3.05, 3.63) is 52.3 Å². The maximum atomic E-state index is 11.6. The molecule has 0 aliphatic rings. The van der Waals surface area contributed by atoms with Crippen molar-refractivity contribution in [1.29, 1.82) is 0 Å². The van der Waals surface area contributed by atoms with E-state index in [9.17, 15) is 4.79 Å². The molecule has 1 aromatic heterocycles. The number of amides is 1. The summed E-state index contributed by atoms with van der Waals surface area (Å²) in [4.78, 5) is 11.6. The quantitative estimate of drug-likeness (QED) is 0.935. The lowest BCUT2D eigenvalue weighted by molar-refractivity contribution is 0.134. The summed E-state index contributed by atoms with van der Waals surface area (Å²) in [5, 5.41) is 6.35. The van der Waals surface area contributed by atoms with Crippen molar-refractivity contribution in [3.8, 4) is 0 Å². The second-order valence-corrected chi connectivity index (χ2v) is 4.79. The Kier molecular flexibility index (Phi) is 4.57. The molecule has 0 saturated heterocycles. The molecule has 2 rings (SSSR count). The Bertz CT molecular complexity index is 542. The molecule has 100 valence electrons. The molecule has 2 aromatic rings. The van der Waals surface area contributed by atoms with E-state index in [0.29, 0.717) is 10.4 Å². The lowest BCUT2D eigenvalue weighted by Gasteiger charge is -2.11. The summed E-state index contributed by atoms with van der Waals surface area (Å²) in [5.41, 5.74) is 0.938. The van der Waals surface area contributed by atoms with E-state index in [1.807, 2.05) is 30.3 Å². The molecule has 19 heavy (non-hydrogen) atoms. The van der Waals surface area contributed by atoms with Crippen molar-refractivity contribution in [1.82, 2.24) is 10.5 Å². The highest BCUT2D eigenvalue weighted by atomic mass is 79.9. The van der Waals surface area contributed by atoms with Crippen LogP contribution in [-0.2, 0) is 11.3 Å². The van der Waals surface area contributed by atoms with Gasteiger partial charge in [-0.3, -0.25) is 0 Å². The van der Waals surface area contributed by atoms with Crippen LogP contribution in [0.5, 0.6) is 0 Å². The number of ether oxygens (including phenoxy) is 1. The van der Waals surface area contributed by atoms with Gasteiger partial charge in [0.05, 0.1) is 6.04 Å². The third kappa shape index (κ3) is 4.10. The number of alkyl carbamates (subject to hydrolysis) is 1. The van der Waals surface area contributed by atoms with Gasteiger partial charge in [-0.25, -0.2) is 4.79 Å². The zero-order valence-corrected chi connectivity index (χ0v) is 11.9. The molecule has 1 amide bonds. The number of rotatable bonds is 4. The van der Waals surface area contributed by atoms with Crippen LogP contribution in [0.1, 0.15) is 24.3 Å². The molecule has 0 aliphatic heterocycles. The minimum absolute atomic E-state index is 0.236. The smallest absolute Gasteiger partial charge is 0.408 e. The summed E-state index contributed by atoms with van der Waals surface area (Å²) in [6.45, 7) is 2.02. The Balaban J connectivity index is 1.81. The van der Waals surface area contributed by atoms with Crippen molar-refractivity contribution in [3.63, 3.8) is 0 Å². The summed E-state index contributed by atoms with van der Waals surface area (Å²) in [7, 11) is 0. The first kappa shape index (κ1) is 13.6. The number of nitrogens with one attached hydrogen (secondary N) is 1. The van der Waals surface area contributed by atoms with Gasteiger partial charge in [-0.05, 0) is 28.4 Å². The Hall–Kier alpha value is -1.82. The molecule has 1 aromatic carbocycles. The van der Waals surface area contributed by atoms with E-state index in [2.05, 4.69) is 26.4 Å². The molecule has 1 atom stereocenters. The summed E-state index contributed by atoms with van der Waals surface area (Å²) in [6.07, 6.45) is -0.496. The Morgan fingerprint density at radius 2 is 2.21 bits per heavy atom. The maximum Gasteiger partial charge on any atom is 0.408 e. The average molecular weight is 325 g/mol. The third-order valence-corrected chi connectivity index (χ3v) is 2.85. The second kappa shape index (κ2) is 6.38. The van der Waals surface area contributed by atoms with Crippen LogP contribution in [0.4, 0.5) is 4.79 Å². The van der Waals surface area contributed by atoms with Gasteiger partial charge >= 0.3 is 6.09 Å². The van der Waals surface area contributed by atoms with Crippen LogP contribution in [0.15, 0.2) is 45.5 Å². The van der Waals surface area contributed by atoms with Gasteiger partial charge in [0.25, 0.3) is 0 Å².